The van der Waals surface area contributed by atoms with Gasteiger partial charge in [0.15, 0.2) is 5.82 Å². The summed E-state index contributed by atoms with van der Waals surface area (Å²) in [6.07, 6.45) is 5.59. The van der Waals surface area contributed by atoms with E-state index in [1.807, 2.05) is 39.8 Å². The lowest BCUT2D eigenvalue weighted by Gasteiger charge is -2.15. The van der Waals surface area contributed by atoms with Gasteiger partial charge in [0.2, 0.25) is 0 Å². The minimum absolute atomic E-state index is 0.478. The zero-order valence-corrected chi connectivity index (χ0v) is 15.4. The molecular formula is C16H21ClN4OSi. The van der Waals surface area contributed by atoms with Crippen LogP contribution in [-0.2, 0) is 11.5 Å². The van der Waals surface area contributed by atoms with Gasteiger partial charge in [-0.25, -0.2) is 9.67 Å². The highest BCUT2D eigenvalue weighted by molar-refractivity contribution is 6.76. The van der Waals surface area contributed by atoms with E-state index < -0.39 is 8.07 Å². The van der Waals surface area contributed by atoms with Crippen molar-refractivity contribution in [3.05, 3.63) is 41.9 Å². The van der Waals surface area contributed by atoms with Crippen molar-refractivity contribution >= 4 is 30.6 Å². The van der Waals surface area contributed by atoms with E-state index in [4.69, 9.17) is 16.3 Å². The van der Waals surface area contributed by atoms with Crippen LogP contribution in [0.25, 0.3) is 16.7 Å². The Morgan fingerprint density at radius 3 is 2.78 bits per heavy atom. The topological polar surface area (TPSA) is 44.9 Å². The Morgan fingerprint density at radius 2 is 2.00 bits per heavy atom. The molecule has 0 aliphatic rings. The van der Waals surface area contributed by atoms with Crippen molar-refractivity contribution in [3.63, 3.8) is 0 Å². The Bertz CT molecular complexity index is 806. The summed E-state index contributed by atoms with van der Waals surface area (Å²) in [5.74, 6) is 0.844. The molecule has 0 aromatic carbocycles. The second-order valence-electron chi connectivity index (χ2n) is 6.78. The fraction of sp³-hybridized carbons (Fsp3) is 0.375. The fourth-order valence-corrected chi connectivity index (χ4v) is 3.29. The molecular weight excluding hydrogens is 328 g/mol. The standard InChI is InChI=1S/C16H21ClN4OSi/c1-23(2,3)11-10-22-12-20-8-6-15(19-20)21-9-5-13-14(21)4-7-18-16(13)17/h4-9H,10-12H2,1-3H3. The van der Waals surface area contributed by atoms with Gasteiger partial charge in [-0.15, -0.1) is 0 Å². The highest BCUT2D eigenvalue weighted by Gasteiger charge is 2.12. The molecule has 0 bridgehead atoms. The minimum atomic E-state index is -1.05. The van der Waals surface area contributed by atoms with Crippen LogP contribution in [0.15, 0.2) is 36.8 Å². The van der Waals surface area contributed by atoms with Crippen LogP contribution in [0.3, 0.4) is 0 Å². The number of aromatic nitrogens is 4. The monoisotopic (exact) mass is 348 g/mol. The number of ether oxygens (including phenoxy) is 1. The van der Waals surface area contributed by atoms with Crippen LogP contribution in [0.1, 0.15) is 0 Å². The van der Waals surface area contributed by atoms with Gasteiger partial charge in [-0.1, -0.05) is 31.2 Å². The van der Waals surface area contributed by atoms with E-state index >= 15 is 0 Å². The normalized spacial score (nSPS) is 12.2. The molecule has 0 N–H and O–H groups in total. The number of hydrogen-bond donors (Lipinski definition) is 0. The van der Waals surface area contributed by atoms with Crippen molar-refractivity contribution in [2.75, 3.05) is 6.61 Å². The van der Waals surface area contributed by atoms with Crippen molar-refractivity contribution in [2.45, 2.75) is 32.4 Å². The Labute approximate surface area is 141 Å². The van der Waals surface area contributed by atoms with E-state index in [9.17, 15) is 0 Å². The summed E-state index contributed by atoms with van der Waals surface area (Å²) < 4.78 is 9.54. The molecule has 0 radical (unpaired) electrons. The van der Waals surface area contributed by atoms with Crippen LogP contribution in [0.2, 0.25) is 30.8 Å². The molecule has 5 nitrogen and oxygen atoms in total. The summed E-state index contributed by atoms with van der Waals surface area (Å²) in [6.45, 7) is 8.31. The molecule has 3 aromatic rings. The predicted molar refractivity (Wildman–Crippen MR) is 96.0 cm³/mol. The number of rotatable bonds is 6. The zero-order valence-electron chi connectivity index (χ0n) is 13.7. The van der Waals surface area contributed by atoms with Crippen LogP contribution < -0.4 is 0 Å². The van der Waals surface area contributed by atoms with Crippen LogP contribution in [-0.4, -0.2) is 34.0 Å². The van der Waals surface area contributed by atoms with Gasteiger partial charge in [0.1, 0.15) is 11.9 Å². The summed E-state index contributed by atoms with van der Waals surface area (Å²) >= 11 is 6.12. The minimum Gasteiger partial charge on any atom is -0.360 e. The Balaban J connectivity index is 1.70. The average Bonchev–Trinajstić information content (AvgIpc) is 3.09. The van der Waals surface area contributed by atoms with Gasteiger partial charge in [0.25, 0.3) is 0 Å². The predicted octanol–water partition coefficient (Wildman–Crippen LogP) is 4.19. The summed E-state index contributed by atoms with van der Waals surface area (Å²) in [5, 5.41) is 6.00. The largest absolute Gasteiger partial charge is 0.360 e. The first-order valence-electron chi connectivity index (χ1n) is 7.67. The molecule has 0 fully saturated rings. The van der Waals surface area contributed by atoms with E-state index in [1.54, 1.807) is 6.20 Å². The van der Waals surface area contributed by atoms with Crippen molar-refractivity contribution < 1.29 is 4.74 Å². The van der Waals surface area contributed by atoms with Crippen molar-refractivity contribution in [1.82, 2.24) is 19.3 Å². The molecule has 0 atom stereocenters. The molecule has 0 saturated heterocycles. The molecule has 3 aromatic heterocycles. The van der Waals surface area contributed by atoms with Gasteiger partial charge >= 0.3 is 0 Å². The maximum atomic E-state index is 6.12. The molecule has 0 spiro atoms. The summed E-state index contributed by atoms with van der Waals surface area (Å²) in [5.41, 5.74) is 0.995. The highest BCUT2D eigenvalue weighted by Crippen LogP contribution is 2.24. The molecule has 122 valence electrons. The molecule has 0 saturated carbocycles. The SMILES string of the molecule is C[Si](C)(C)CCOCn1ccc(-n2ccc3c(Cl)nccc32)n1. The Hall–Kier alpha value is -1.63. The molecule has 0 aliphatic carbocycles. The van der Waals surface area contributed by atoms with Crippen molar-refractivity contribution in [2.24, 2.45) is 0 Å². The van der Waals surface area contributed by atoms with Gasteiger partial charge in [0, 0.05) is 44.7 Å². The van der Waals surface area contributed by atoms with Crippen molar-refractivity contribution in [3.8, 4) is 5.82 Å². The summed E-state index contributed by atoms with van der Waals surface area (Å²) in [4.78, 5) is 4.10. The van der Waals surface area contributed by atoms with Crippen LogP contribution in [0.5, 0.6) is 0 Å². The van der Waals surface area contributed by atoms with E-state index in [0.717, 1.165) is 29.4 Å². The van der Waals surface area contributed by atoms with Crippen LogP contribution >= 0.6 is 11.6 Å². The van der Waals surface area contributed by atoms with Gasteiger partial charge in [-0.05, 0) is 18.2 Å². The van der Waals surface area contributed by atoms with Gasteiger partial charge < -0.3 is 4.74 Å². The lowest BCUT2D eigenvalue weighted by atomic mass is 10.3. The first kappa shape index (κ1) is 16.2. The van der Waals surface area contributed by atoms with Gasteiger partial charge in [0.05, 0.1) is 5.52 Å². The molecule has 0 amide bonds. The second-order valence-corrected chi connectivity index (χ2v) is 12.8. The number of hydrogen-bond acceptors (Lipinski definition) is 3. The summed E-state index contributed by atoms with van der Waals surface area (Å²) in [7, 11) is -1.05. The second kappa shape index (κ2) is 6.47. The van der Waals surface area contributed by atoms with E-state index in [-0.39, 0.29) is 0 Å². The molecule has 0 aliphatic heterocycles. The quantitative estimate of drug-likeness (QED) is 0.381. The average molecular weight is 349 g/mol. The number of pyridine rings is 1. The molecule has 23 heavy (non-hydrogen) atoms. The van der Waals surface area contributed by atoms with Crippen molar-refractivity contribution in [1.29, 1.82) is 0 Å². The Kier molecular flexibility index (Phi) is 4.56. The fourth-order valence-electron chi connectivity index (χ4n) is 2.32. The van der Waals surface area contributed by atoms with E-state index in [2.05, 4.69) is 29.7 Å². The highest BCUT2D eigenvalue weighted by atomic mass is 35.5. The number of halogens is 1. The number of nitrogens with zero attached hydrogens (tertiary/aromatic N) is 4. The smallest absolute Gasteiger partial charge is 0.159 e. The molecule has 3 rings (SSSR count). The lowest BCUT2D eigenvalue weighted by Crippen LogP contribution is -2.22. The third-order valence-corrected chi connectivity index (χ3v) is 5.67. The third-order valence-electron chi connectivity index (χ3n) is 3.66. The molecule has 7 heteroatoms. The molecule has 0 unspecified atom stereocenters. The van der Waals surface area contributed by atoms with Gasteiger partial charge in [-0.3, -0.25) is 4.57 Å². The van der Waals surface area contributed by atoms with E-state index in [1.165, 1.54) is 0 Å². The van der Waals surface area contributed by atoms with Crippen LogP contribution in [0.4, 0.5) is 0 Å². The maximum absolute atomic E-state index is 6.12. The van der Waals surface area contributed by atoms with Crippen LogP contribution in [0, 0.1) is 0 Å². The first-order valence-corrected chi connectivity index (χ1v) is 11.8. The van der Waals surface area contributed by atoms with Gasteiger partial charge in [-0.2, -0.15) is 5.10 Å². The summed E-state index contributed by atoms with van der Waals surface area (Å²) in [6, 6.07) is 7.02. The van der Waals surface area contributed by atoms with E-state index in [0.29, 0.717) is 11.9 Å². The Morgan fingerprint density at radius 1 is 1.17 bits per heavy atom. The number of fused-ring (bicyclic) bond motifs is 1. The maximum Gasteiger partial charge on any atom is 0.159 e. The zero-order chi connectivity index (χ0) is 16.4. The first-order chi connectivity index (χ1) is 10.9. The molecule has 3 heterocycles. The lowest BCUT2D eigenvalue weighted by molar-refractivity contribution is 0.0785. The third kappa shape index (κ3) is 3.83.